The van der Waals surface area contributed by atoms with Gasteiger partial charge in [0.1, 0.15) is 0 Å². The second-order valence-electron chi connectivity index (χ2n) is 7.89. The first-order valence-electron chi connectivity index (χ1n) is 10.7. The topological polar surface area (TPSA) is 61.4 Å². The SMILES string of the molecule is CCNC(=NCC(C(C)C)N1CCOCC1)NCC1CCCN1CCOC. The number of guanidine groups is 1. The van der Waals surface area contributed by atoms with Gasteiger partial charge in [-0.05, 0) is 32.2 Å². The first kappa shape index (κ1) is 22.4. The van der Waals surface area contributed by atoms with Crippen LogP contribution in [0.5, 0.6) is 0 Å². The molecule has 7 heteroatoms. The van der Waals surface area contributed by atoms with Gasteiger partial charge < -0.3 is 20.1 Å². The third kappa shape index (κ3) is 7.56. The molecule has 2 aliphatic rings. The molecule has 2 N–H and O–H groups in total. The normalized spacial score (nSPS) is 23.7. The number of ether oxygens (including phenoxy) is 2. The molecule has 0 radical (unpaired) electrons. The van der Waals surface area contributed by atoms with Gasteiger partial charge in [-0.25, -0.2) is 0 Å². The Morgan fingerprint density at radius 2 is 2.00 bits per heavy atom. The summed E-state index contributed by atoms with van der Waals surface area (Å²) in [5.41, 5.74) is 0. The highest BCUT2D eigenvalue weighted by molar-refractivity contribution is 5.79. The van der Waals surface area contributed by atoms with E-state index in [2.05, 4.69) is 41.2 Å². The van der Waals surface area contributed by atoms with E-state index in [0.29, 0.717) is 18.0 Å². The summed E-state index contributed by atoms with van der Waals surface area (Å²) in [7, 11) is 1.78. The lowest BCUT2D eigenvalue weighted by atomic mass is 10.0. The van der Waals surface area contributed by atoms with Gasteiger partial charge in [0.15, 0.2) is 5.96 Å². The van der Waals surface area contributed by atoms with Gasteiger partial charge in [-0.1, -0.05) is 13.8 Å². The van der Waals surface area contributed by atoms with Gasteiger partial charge in [0.2, 0.25) is 0 Å². The second-order valence-corrected chi connectivity index (χ2v) is 7.89. The molecule has 0 bridgehead atoms. The molecule has 0 saturated carbocycles. The van der Waals surface area contributed by atoms with Crippen molar-refractivity contribution in [3.05, 3.63) is 0 Å². The summed E-state index contributed by atoms with van der Waals surface area (Å²) >= 11 is 0. The van der Waals surface area contributed by atoms with Gasteiger partial charge in [-0.2, -0.15) is 0 Å². The van der Waals surface area contributed by atoms with Crippen molar-refractivity contribution in [1.29, 1.82) is 0 Å². The van der Waals surface area contributed by atoms with Crippen molar-refractivity contribution in [3.8, 4) is 0 Å². The molecular weight excluding hydrogens is 342 g/mol. The number of methoxy groups -OCH3 is 1. The molecule has 2 rings (SSSR count). The summed E-state index contributed by atoms with van der Waals surface area (Å²) in [6.07, 6.45) is 2.52. The van der Waals surface area contributed by atoms with Crippen molar-refractivity contribution < 1.29 is 9.47 Å². The molecule has 2 atom stereocenters. The lowest BCUT2D eigenvalue weighted by molar-refractivity contribution is 0.00867. The summed E-state index contributed by atoms with van der Waals surface area (Å²) in [5.74, 6) is 1.52. The molecule has 0 aromatic rings. The van der Waals surface area contributed by atoms with Crippen molar-refractivity contribution in [2.75, 3.05) is 72.7 Å². The Bertz CT molecular complexity index is 427. The Morgan fingerprint density at radius 3 is 2.67 bits per heavy atom. The molecule has 0 amide bonds. The number of hydrogen-bond donors (Lipinski definition) is 2. The van der Waals surface area contributed by atoms with E-state index in [-0.39, 0.29) is 0 Å². The van der Waals surface area contributed by atoms with Crippen LogP contribution in [0.2, 0.25) is 0 Å². The maximum absolute atomic E-state index is 5.51. The van der Waals surface area contributed by atoms with Crippen LogP contribution in [-0.4, -0.2) is 101 Å². The second kappa shape index (κ2) is 12.5. The minimum Gasteiger partial charge on any atom is -0.383 e. The summed E-state index contributed by atoms with van der Waals surface area (Å²) in [5, 5.41) is 6.99. The summed E-state index contributed by atoms with van der Waals surface area (Å²) < 4.78 is 10.8. The van der Waals surface area contributed by atoms with Crippen LogP contribution in [0.15, 0.2) is 4.99 Å². The zero-order chi connectivity index (χ0) is 19.5. The molecule has 7 nitrogen and oxygen atoms in total. The van der Waals surface area contributed by atoms with Crippen molar-refractivity contribution in [1.82, 2.24) is 20.4 Å². The monoisotopic (exact) mass is 383 g/mol. The van der Waals surface area contributed by atoms with Crippen LogP contribution in [-0.2, 0) is 9.47 Å². The maximum Gasteiger partial charge on any atom is 0.191 e. The van der Waals surface area contributed by atoms with E-state index in [9.17, 15) is 0 Å². The van der Waals surface area contributed by atoms with E-state index in [1.165, 1.54) is 19.4 Å². The number of morpholine rings is 1. The Hall–Kier alpha value is -0.890. The molecule has 0 spiro atoms. The van der Waals surface area contributed by atoms with Gasteiger partial charge in [0, 0.05) is 51.9 Å². The molecule has 2 saturated heterocycles. The smallest absolute Gasteiger partial charge is 0.191 e. The molecule has 2 unspecified atom stereocenters. The average molecular weight is 384 g/mol. The van der Waals surface area contributed by atoms with Crippen molar-refractivity contribution in [2.24, 2.45) is 10.9 Å². The Kier molecular flexibility index (Phi) is 10.4. The quantitative estimate of drug-likeness (QED) is 0.434. The van der Waals surface area contributed by atoms with E-state index in [4.69, 9.17) is 14.5 Å². The minimum absolute atomic E-state index is 0.467. The predicted octanol–water partition coefficient (Wildman–Crippen LogP) is 1.01. The number of nitrogens with zero attached hydrogens (tertiary/aromatic N) is 3. The predicted molar refractivity (Wildman–Crippen MR) is 111 cm³/mol. The summed E-state index contributed by atoms with van der Waals surface area (Å²) in [6, 6.07) is 1.04. The standard InChI is InChI=1S/C20H41N5O2/c1-5-21-20(22-15-18-7-6-8-24(18)9-12-26-4)23-16-19(17(2)3)25-10-13-27-14-11-25/h17-19H,5-16H2,1-4H3,(H2,21,22,23). The number of hydrogen-bond acceptors (Lipinski definition) is 5. The van der Waals surface area contributed by atoms with Crippen LogP contribution in [0.3, 0.4) is 0 Å². The fourth-order valence-corrected chi connectivity index (χ4v) is 4.03. The third-order valence-corrected chi connectivity index (χ3v) is 5.65. The Morgan fingerprint density at radius 1 is 1.22 bits per heavy atom. The largest absolute Gasteiger partial charge is 0.383 e. The molecule has 2 fully saturated rings. The van der Waals surface area contributed by atoms with Gasteiger partial charge in [0.25, 0.3) is 0 Å². The first-order valence-corrected chi connectivity index (χ1v) is 10.7. The molecule has 158 valence electrons. The van der Waals surface area contributed by atoms with Crippen LogP contribution >= 0.6 is 0 Å². The number of likely N-dealkylation sites (tertiary alicyclic amines) is 1. The number of aliphatic imine (C=N–C) groups is 1. The van der Waals surface area contributed by atoms with Crippen LogP contribution in [0, 0.1) is 5.92 Å². The van der Waals surface area contributed by atoms with Gasteiger partial charge in [-0.3, -0.25) is 14.8 Å². The van der Waals surface area contributed by atoms with Gasteiger partial charge in [0.05, 0.1) is 26.4 Å². The zero-order valence-corrected chi connectivity index (χ0v) is 17.9. The fraction of sp³-hybridized carbons (Fsp3) is 0.950. The summed E-state index contributed by atoms with van der Waals surface area (Å²) in [6.45, 7) is 16.1. The molecule has 0 aliphatic carbocycles. The fourth-order valence-electron chi connectivity index (χ4n) is 4.03. The third-order valence-electron chi connectivity index (χ3n) is 5.65. The molecule has 0 aromatic carbocycles. The van der Waals surface area contributed by atoms with Crippen molar-refractivity contribution in [2.45, 2.75) is 45.7 Å². The maximum atomic E-state index is 5.51. The molecular formula is C20H41N5O2. The van der Waals surface area contributed by atoms with Crippen LogP contribution < -0.4 is 10.6 Å². The minimum atomic E-state index is 0.467. The van der Waals surface area contributed by atoms with Gasteiger partial charge >= 0.3 is 0 Å². The van der Waals surface area contributed by atoms with Gasteiger partial charge in [-0.15, -0.1) is 0 Å². The Balaban J connectivity index is 1.88. The molecule has 0 aromatic heterocycles. The first-order chi connectivity index (χ1) is 13.2. The van der Waals surface area contributed by atoms with Crippen LogP contribution in [0.4, 0.5) is 0 Å². The number of nitrogens with one attached hydrogen (secondary N) is 2. The molecule has 27 heavy (non-hydrogen) atoms. The van der Waals surface area contributed by atoms with E-state index in [1.807, 2.05) is 0 Å². The highest BCUT2D eigenvalue weighted by Gasteiger charge is 2.25. The van der Waals surface area contributed by atoms with E-state index in [0.717, 1.165) is 65.0 Å². The highest BCUT2D eigenvalue weighted by atomic mass is 16.5. The average Bonchev–Trinajstić information content (AvgIpc) is 3.12. The zero-order valence-electron chi connectivity index (χ0n) is 17.9. The van der Waals surface area contributed by atoms with Crippen molar-refractivity contribution >= 4 is 5.96 Å². The van der Waals surface area contributed by atoms with Crippen LogP contribution in [0.1, 0.15) is 33.6 Å². The van der Waals surface area contributed by atoms with Crippen LogP contribution in [0.25, 0.3) is 0 Å². The molecule has 2 aliphatic heterocycles. The highest BCUT2D eigenvalue weighted by Crippen LogP contribution is 2.16. The van der Waals surface area contributed by atoms with Crippen molar-refractivity contribution in [3.63, 3.8) is 0 Å². The Labute approximate surface area is 165 Å². The van der Waals surface area contributed by atoms with E-state index in [1.54, 1.807) is 7.11 Å². The molecule has 2 heterocycles. The van der Waals surface area contributed by atoms with E-state index < -0.39 is 0 Å². The lowest BCUT2D eigenvalue weighted by Gasteiger charge is -2.36. The number of rotatable bonds is 10. The lowest BCUT2D eigenvalue weighted by Crippen LogP contribution is -2.49. The summed E-state index contributed by atoms with van der Waals surface area (Å²) in [4.78, 5) is 9.99. The van der Waals surface area contributed by atoms with E-state index >= 15 is 0 Å².